The zero-order valence-electron chi connectivity index (χ0n) is 12.9. The molecule has 0 bridgehead atoms. The number of carbonyl (C=O) groups excluding carboxylic acids is 1. The first-order chi connectivity index (χ1) is 12.0. The quantitative estimate of drug-likeness (QED) is 0.307. The van der Waals surface area contributed by atoms with E-state index in [4.69, 9.17) is 0 Å². The van der Waals surface area contributed by atoms with Crippen LogP contribution in [0.25, 0.3) is 0 Å². The van der Waals surface area contributed by atoms with E-state index in [-0.39, 0.29) is 0 Å². The molecule has 0 saturated carbocycles. The van der Waals surface area contributed by atoms with Crippen molar-refractivity contribution in [2.45, 2.75) is 31.6 Å². The maximum absolute atomic E-state index is 13.1. The first kappa shape index (κ1) is 22.0. The van der Waals surface area contributed by atoms with Crippen LogP contribution in [0.5, 0.6) is 0 Å². The summed E-state index contributed by atoms with van der Waals surface area (Å²) in [6.45, 7) is -0.482. The molecule has 0 N–H and O–H groups in total. The van der Waals surface area contributed by atoms with Gasteiger partial charge in [0, 0.05) is 17.2 Å². The largest absolute Gasteiger partial charge is 0.460 e. The topological polar surface area (TPSA) is 113 Å². The highest BCUT2D eigenvalue weighted by Gasteiger charge is 2.77. The van der Waals surface area contributed by atoms with Crippen LogP contribution in [0.3, 0.4) is 0 Å². The molecule has 0 spiro atoms. The van der Waals surface area contributed by atoms with Crippen LogP contribution in [0.15, 0.2) is 12.1 Å². The highest BCUT2D eigenvalue weighted by Crippen LogP contribution is 2.47. The van der Waals surface area contributed by atoms with Gasteiger partial charge in [-0.2, -0.15) is 30.7 Å². The molecule has 1 aromatic carbocycles. The number of non-ortho nitro benzene ring substituents is 1. The van der Waals surface area contributed by atoms with Gasteiger partial charge in [0.1, 0.15) is 6.61 Å². The summed E-state index contributed by atoms with van der Waals surface area (Å²) < 4.78 is 91.5. The molecule has 0 amide bonds. The van der Waals surface area contributed by atoms with Gasteiger partial charge in [0.2, 0.25) is 0 Å². The minimum absolute atomic E-state index is 0.413. The maximum Gasteiger partial charge on any atom is 0.460 e. The number of esters is 1. The van der Waals surface area contributed by atoms with E-state index in [9.17, 15) is 55.8 Å². The second-order valence-electron chi connectivity index (χ2n) is 4.99. The molecule has 0 aliphatic heterocycles. The Bertz CT molecular complexity index is 793. The van der Waals surface area contributed by atoms with Gasteiger partial charge in [-0.3, -0.25) is 20.2 Å². The van der Waals surface area contributed by atoms with Crippen molar-refractivity contribution in [3.63, 3.8) is 0 Å². The Balaban J connectivity index is 3.19. The average molecular weight is 408 g/mol. The van der Waals surface area contributed by atoms with Crippen LogP contribution in [0, 0.1) is 27.2 Å². The minimum atomic E-state index is -6.77. The van der Waals surface area contributed by atoms with Gasteiger partial charge in [0.25, 0.3) is 11.4 Å². The number of hydrogen-bond donors (Lipinski definition) is 0. The first-order valence-electron chi connectivity index (χ1n) is 6.46. The lowest BCUT2D eigenvalue weighted by molar-refractivity contribution is -0.394. The summed E-state index contributed by atoms with van der Waals surface area (Å²) in [6.07, 6.45) is -6.77. The standard InChI is InChI=1S/C12H7F7N2O6/c1-5-6(2-7(20(23)24)3-8(5)21(25)26)4-27-9(22)10(13,14)11(15,16)12(17,18)19/h2-3H,4H2,1H3. The van der Waals surface area contributed by atoms with Crippen LogP contribution in [0.1, 0.15) is 11.1 Å². The molecule has 0 heterocycles. The van der Waals surface area contributed by atoms with Gasteiger partial charge in [-0.25, -0.2) is 4.79 Å². The molecule has 0 aliphatic carbocycles. The zero-order valence-corrected chi connectivity index (χ0v) is 12.9. The van der Waals surface area contributed by atoms with Crippen LogP contribution >= 0.6 is 0 Å². The number of benzene rings is 1. The average Bonchev–Trinajstić information content (AvgIpc) is 2.51. The number of carbonyl (C=O) groups is 1. The third-order valence-electron chi connectivity index (χ3n) is 3.25. The zero-order chi connectivity index (χ0) is 21.4. The van der Waals surface area contributed by atoms with E-state index < -0.39 is 62.9 Å². The predicted molar refractivity (Wildman–Crippen MR) is 70.2 cm³/mol. The molecular formula is C12H7F7N2O6. The summed E-state index contributed by atoms with van der Waals surface area (Å²) in [7, 11) is 0. The lowest BCUT2D eigenvalue weighted by Crippen LogP contribution is -2.56. The Labute approximate surface area is 143 Å². The van der Waals surface area contributed by atoms with Gasteiger partial charge in [0.05, 0.1) is 15.9 Å². The van der Waals surface area contributed by atoms with Crippen LogP contribution in [-0.4, -0.2) is 33.8 Å². The number of hydrogen-bond acceptors (Lipinski definition) is 6. The normalized spacial score (nSPS) is 12.6. The summed E-state index contributed by atoms with van der Waals surface area (Å²) >= 11 is 0. The van der Waals surface area contributed by atoms with Gasteiger partial charge in [-0.05, 0) is 6.92 Å². The van der Waals surface area contributed by atoms with Crippen molar-refractivity contribution in [2.75, 3.05) is 0 Å². The van der Waals surface area contributed by atoms with Gasteiger partial charge < -0.3 is 4.74 Å². The van der Waals surface area contributed by atoms with E-state index in [0.717, 1.165) is 6.92 Å². The minimum Gasteiger partial charge on any atom is -0.456 e. The van der Waals surface area contributed by atoms with Crippen molar-refractivity contribution < 1.29 is 50.1 Å². The lowest BCUT2D eigenvalue weighted by Gasteiger charge is -2.26. The molecule has 0 fully saturated rings. The Hall–Kier alpha value is -3.00. The fourth-order valence-electron chi connectivity index (χ4n) is 1.73. The van der Waals surface area contributed by atoms with Crippen molar-refractivity contribution in [1.29, 1.82) is 0 Å². The Kier molecular flexibility index (Phi) is 5.68. The molecule has 15 heteroatoms. The number of alkyl halides is 7. The van der Waals surface area contributed by atoms with Crippen molar-refractivity contribution in [2.24, 2.45) is 0 Å². The third-order valence-corrected chi connectivity index (χ3v) is 3.25. The molecule has 150 valence electrons. The van der Waals surface area contributed by atoms with Crippen LogP contribution in [-0.2, 0) is 16.1 Å². The second-order valence-corrected chi connectivity index (χ2v) is 4.99. The number of nitrogens with zero attached hydrogens (tertiary/aromatic N) is 2. The molecule has 8 nitrogen and oxygen atoms in total. The van der Waals surface area contributed by atoms with Crippen molar-refractivity contribution in [1.82, 2.24) is 0 Å². The van der Waals surface area contributed by atoms with E-state index in [2.05, 4.69) is 4.74 Å². The van der Waals surface area contributed by atoms with Crippen molar-refractivity contribution in [3.05, 3.63) is 43.5 Å². The molecular weight excluding hydrogens is 401 g/mol. The number of nitro benzene ring substituents is 2. The van der Waals surface area contributed by atoms with Crippen LogP contribution in [0.2, 0.25) is 0 Å². The van der Waals surface area contributed by atoms with Crippen molar-refractivity contribution >= 4 is 17.3 Å². The van der Waals surface area contributed by atoms with E-state index in [1.807, 2.05) is 0 Å². The highest BCUT2D eigenvalue weighted by molar-refractivity contribution is 5.79. The van der Waals surface area contributed by atoms with Crippen LogP contribution in [0.4, 0.5) is 42.1 Å². The number of halogens is 7. The van der Waals surface area contributed by atoms with Gasteiger partial charge in [0.15, 0.2) is 0 Å². The van der Waals surface area contributed by atoms with E-state index in [1.54, 1.807) is 0 Å². The van der Waals surface area contributed by atoms with Gasteiger partial charge >= 0.3 is 24.0 Å². The number of nitro groups is 2. The summed E-state index contributed by atoms with van der Waals surface area (Å²) in [6, 6.07) is 1.04. The summed E-state index contributed by atoms with van der Waals surface area (Å²) in [5.74, 6) is -16.3. The molecule has 1 aromatic rings. The van der Waals surface area contributed by atoms with Gasteiger partial charge in [-0.1, -0.05) is 0 Å². The van der Waals surface area contributed by atoms with E-state index in [1.165, 1.54) is 0 Å². The summed E-state index contributed by atoms with van der Waals surface area (Å²) in [5.41, 5.74) is -2.84. The molecule has 0 aliphatic rings. The molecule has 0 atom stereocenters. The fraction of sp³-hybridized carbons (Fsp3) is 0.417. The summed E-state index contributed by atoms with van der Waals surface area (Å²) in [4.78, 5) is 30.4. The molecule has 0 radical (unpaired) electrons. The predicted octanol–water partition coefficient (Wildman–Crippen LogP) is 3.69. The second kappa shape index (κ2) is 6.96. The van der Waals surface area contributed by atoms with Gasteiger partial charge in [-0.15, -0.1) is 0 Å². The Morgan fingerprint density at radius 2 is 1.56 bits per heavy atom. The Morgan fingerprint density at radius 1 is 1.04 bits per heavy atom. The highest BCUT2D eigenvalue weighted by atomic mass is 19.4. The SMILES string of the molecule is Cc1c(COC(=O)C(F)(F)C(F)(F)C(F)(F)F)cc([N+](=O)[O-])cc1[N+](=O)[O-]. The van der Waals surface area contributed by atoms with Crippen LogP contribution < -0.4 is 0 Å². The molecule has 27 heavy (non-hydrogen) atoms. The Morgan fingerprint density at radius 3 is 1.96 bits per heavy atom. The van der Waals surface area contributed by atoms with E-state index >= 15 is 0 Å². The monoisotopic (exact) mass is 408 g/mol. The number of ether oxygens (including phenoxy) is 1. The first-order valence-corrected chi connectivity index (χ1v) is 6.46. The van der Waals surface area contributed by atoms with Crippen molar-refractivity contribution in [3.8, 4) is 0 Å². The molecule has 0 saturated heterocycles. The third kappa shape index (κ3) is 4.06. The number of rotatable bonds is 6. The molecule has 0 unspecified atom stereocenters. The van der Waals surface area contributed by atoms with E-state index in [0.29, 0.717) is 12.1 Å². The maximum atomic E-state index is 13.1. The lowest BCUT2D eigenvalue weighted by atomic mass is 10.1. The fourth-order valence-corrected chi connectivity index (χ4v) is 1.73. The molecule has 0 aromatic heterocycles. The smallest absolute Gasteiger partial charge is 0.456 e. The summed E-state index contributed by atoms with van der Waals surface area (Å²) in [5, 5.41) is 21.5. The molecule has 1 rings (SSSR count).